The van der Waals surface area contributed by atoms with E-state index < -0.39 is 0 Å². The lowest BCUT2D eigenvalue weighted by atomic mass is 10.1. The summed E-state index contributed by atoms with van der Waals surface area (Å²) in [5.41, 5.74) is 2.01. The van der Waals surface area contributed by atoms with Crippen LogP contribution in [0.3, 0.4) is 0 Å². The minimum atomic E-state index is 0.114. The van der Waals surface area contributed by atoms with Gasteiger partial charge in [-0.1, -0.05) is 24.3 Å². The number of likely N-dealkylation sites (tertiary alicyclic amines) is 2. The summed E-state index contributed by atoms with van der Waals surface area (Å²) in [4.78, 5) is 17.5. The highest BCUT2D eigenvalue weighted by Crippen LogP contribution is 2.26. The van der Waals surface area contributed by atoms with Gasteiger partial charge in [0.05, 0.1) is 11.7 Å². The molecule has 2 fully saturated rings. The normalized spacial score (nSPS) is 18.0. The van der Waals surface area contributed by atoms with Gasteiger partial charge in [0.1, 0.15) is 17.6 Å². The van der Waals surface area contributed by atoms with Crippen LogP contribution in [0, 0.1) is 0 Å². The van der Waals surface area contributed by atoms with E-state index in [4.69, 9.17) is 9.47 Å². The molecule has 2 saturated heterocycles. The van der Waals surface area contributed by atoms with Crippen molar-refractivity contribution in [1.29, 1.82) is 0 Å². The average molecular weight is 437 g/mol. The van der Waals surface area contributed by atoms with E-state index in [1.807, 2.05) is 43.0 Å². The molecule has 2 heterocycles. The zero-order chi connectivity index (χ0) is 22.3. The van der Waals surface area contributed by atoms with Crippen LogP contribution in [0.1, 0.15) is 61.9 Å². The Hall–Kier alpha value is -2.53. The fourth-order valence-corrected chi connectivity index (χ4v) is 4.58. The van der Waals surface area contributed by atoms with E-state index in [0.717, 1.165) is 69.9 Å². The maximum absolute atomic E-state index is 13.0. The molecule has 0 spiro atoms. The quantitative estimate of drug-likeness (QED) is 0.602. The van der Waals surface area contributed by atoms with Crippen LogP contribution >= 0.6 is 0 Å². The molecule has 0 N–H and O–H groups in total. The molecule has 0 radical (unpaired) electrons. The van der Waals surface area contributed by atoms with Crippen molar-refractivity contribution in [3.05, 3.63) is 59.7 Å². The van der Waals surface area contributed by atoms with Gasteiger partial charge in [0.25, 0.3) is 5.91 Å². The van der Waals surface area contributed by atoms with Gasteiger partial charge < -0.3 is 14.4 Å². The number of ether oxygens (including phenoxy) is 2. The summed E-state index contributed by atoms with van der Waals surface area (Å²) in [6.07, 6.45) is 5.71. The molecule has 1 amide bonds. The first kappa shape index (κ1) is 22.7. The van der Waals surface area contributed by atoms with Crippen LogP contribution in [-0.2, 0) is 6.54 Å². The fourth-order valence-electron chi connectivity index (χ4n) is 4.58. The van der Waals surface area contributed by atoms with Crippen LogP contribution in [-0.4, -0.2) is 54.1 Å². The number of hydrogen-bond donors (Lipinski definition) is 0. The van der Waals surface area contributed by atoms with Crippen LogP contribution in [0.4, 0.5) is 0 Å². The van der Waals surface area contributed by atoms with Gasteiger partial charge in [-0.25, -0.2) is 0 Å². The molecule has 2 aliphatic rings. The molecular formula is C27H36N2O3. The molecule has 0 atom stereocenters. The molecule has 32 heavy (non-hydrogen) atoms. The van der Waals surface area contributed by atoms with Gasteiger partial charge in [-0.05, 0) is 75.8 Å². The van der Waals surface area contributed by atoms with Crippen LogP contribution in [0.2, 0.25) is 0 Å². The highest BCUT2D eigenvalue weighted by molar-refractivity contribution is 5.97. The Labute approximate surface area is 192 Å². The Bertz CT molecular complexity index is 867. The third-order valence-electron chi connectivity index (χ3n) is 6.29. The third-order valence-corrected chi connectivity index (χ3v) is 6.29. The number of benzene rings is 2. The molecule has 172 valence electrons. The molecule has 0 bridgehead atoms. The molecule has 2 aromatic rings. The minimum absolute atomic E-state index is 0.114. The lowest BCUT2D eigenvalue weighted by Gasteiger charge is -2.33. The van der Waals surface area contributed by atoms with E-state index >= 15 is 0 Å². The predicted octanol–water partition coefficient (Wildman–Crippen LogP) is 5.14. The first-order valence-corrected chi connectivity index (χ1v) is 12.1. The first-order chi connectivity index (χ1) is 15.6. The zero-order valence-electron chi connectivity index (χ0n) is 19.5. The summed E-state index contributed by atoms with van der Waals surface area (Å²) in [7, 11) is 0. The number of nitrogens with zero attached hydrogens (tertiary/aromatic N) is 2. The average Bonchev–Trinajstić information content (AvgIpc) is 2.82. The lowest BCUT2D eigenvalue weighted by Crippen LogP contribution is -2.38. The fraction of sp³-hybridized carbons (Fsp3) is 0.519. The number of para-hydroxylation sites is 1. The van der Waals surface area contributed by atoms with Crippen molar-refractivity contribution in [3.8, 4) is 11.5 Å². The van der Waals surface area contributed by atoms with Gasteiger partial charge in [-0.2, -0.15) is 0 Å². The molecule has 2 aromatic carbocycles. The molecule has 0 aromatic heterocycles. The summed E-state index contributed by atoms with van der Waals surface area (Å²) in [6, 6.07) is 16.2. The molecule has 5 nitrogen and oxygen atoms in total. The standard InChI is InChI=1S/C27H36N2O3/c1-21(2)31-23-12-10-22(11-13-23)20-28-18-14-24(15-19-28)32-26-9-5-4-8-25(26)27(30)29-16-6-3-7-17-29/h4-5,8-13,21,24H,3,6-7,14-20H2,1-2H3. The Balaban J connectivity index is 1.29. The molecular weight excluding hydrogens is 400 g/mol. The van der Waals surface area contributed by atoms with Crippen molar-refractivity contribution in [2.75, 3.05) is 26.2 Å². The zero-order valence-corrected chi connectivity index (χ0v) is 19.5. The molecule has 5 heteroatoms. The Morgan fingerprint density at radius 3 is 2.31 bits per heavy atom. The SMILES string of the molecule is CC(C)Oc1ccc(CN2CCC(Oc3ccccc3C(=O)N3CCCCC3)CC2)cc1. The highest BCUT2D eigenvalue weighted by Gasteiger charge is 2.25. The molecule has 0 aliphatic carbocycles. The van der Waals surface area contributed by atoms with Crippen molar-refractivity contribution in [2.45, 2.75) is 64.7 Å². The van der Waals surface area contributed by atoms with E-state index in [9.17, 15) is 4.79 Å². The number of rotatable bonds is 7. The first-order valence-electron chi connectivity index (χ1n) is 12.1. The summed E-state index contributed by atoms with van der Waals surface area (Å²) in [6.45, 7) is 8.74. The number of carbonyl (C=O) groups excluding carboxylic acids is 1. The van der Waals surface area contributed by atoms with Crippen molar-refractivity contribution < 1.29 is 14.3 Å². The van der Waals surface area contributed by atoms with Crippen molar-refractivity contribution in [3.63, 3.8) is 0 Å². The maximum atomic E-state index is 13.0. The van der Waals surface area contributed by atoms with Crippen LogP contribution in [0.25, 0.3) is 0 Å². The second kappa shape index (κ2) is 10.9. The van der Waals surface area contributed by atoms with E-state index in [2.05, 4.69) is 29.2 Å². The lowest BCUT2D eigenvalue weighted by molar-refractivity contribution is 0.0702. The molecule has 0 saturated carbocycles. The minimum Gasteiger partial charge on any atom is -0.491 e. The van der Waals surface area contributed by atoms with Crippen molar-refractivity contribution in [1.82, 2.24) is 9.80 Å². The van der Waals surface area contributed by atoms with E-state index in [0.29, 0.717) is 5.56 Å². The van der Waals surface area contributed by atoms with Crippen molar-refractivity contribution >= 4 is 5.91 Å². The van der Waals surface area contributed by atoms with Crippen LogP contribution in [0.5, 0.6) is 11.5 Å². The smallest absolute Gasteiger partial charge is 0.257 e. The molecule has 0 unspecified atom stereocenters. The number of carbonyl (C=O) groups is 1. The van der Waals surface area contributed by atoms with Gasteiger partial charge in [0, 0.05) is 32.7 Å². The Morgan fingerprint density at radius 2 is 1.62 bits per heavy atom. The Morgan fingerprint density at radius 1 is 0.938 bits per heavy atom. The number of hydrogen-bond acceptors (Lipinski definition) is 4. The molecule has 4 rings (SSSR count). The number of piperidine rings is 2. The summed E-state index contributed by atoms with van der Waals surface area (Å²) in [5, 5.41) is 0. The monoisotopic (exact) mass is 436 g/mol. The van der Waals surface area contributed by atoms with Gasteiger partial charge in [-0.15, -0.1) is 0 Å². The van der Waals surface area contributed by atoms with Crippen LogP contribution in [0.15, 0.2) is 48.5 Å². The van der Waals surface area contributed by atoms with Gasteiger partial charge in [-0.3, -0.25) is 9.69 Å². The summed E-state index contributed by atoms with van der Waals surface area (Å²) >= 11 is 0. The second-order valence-corrected chi connectivity index (χ2v) is 9.25. The summed E-state index contributed by atoms with van der Waals surface area (Å²) < 4.78 is 12.1. The predicted molar refractivity (Wildman–Crippen MR) is 127 cm³/mol. The number of amides is 1. The third kappa shape index (κ3) is 6.04. The summed E-state index contributed by atoms with van der Waals surface area (Å²) in [5.74, 6) is 1.78. The highest BCUT2D eigenvalue weighted by atomic mass is 16.5. The van der Waals surface area contributed by atoms with Gasteiger partial charge in [0.2, 0.25) is 0 Å². The van der Waals surface area contributed by atoms with E-state index in [-0.39, 0.29) is 18.1 Å². The van der Waals surface area contributed by atoms with Crippen LogP contribution < -0.4 is 9.47 Å². The second-order valence-electron chi connectivity index (χ2n) is 9.25. The maximum Gasteiger partial charge on any atom is 0.257 e. The Kier molecular flexibility index (Phi) is 7.69. The van der Waals surface area contributed by atoms with E-state index in [1.54, 1.807) is 0 Å². The van der Waals surface area contributed by atoms with Gasteiger partial charge in [0.15, 0.2) is 0 Å². The largest absolute Gasteiger partial charge is 0.491 e. The molecule has 2 aliphatic heterocycles. The van der Waals surface area contributed by atoms with Gasteiger partial charge >= 0.3 is 0 Å². The topological polar surface area (TPSA) is 42.0 Å². The van der Waals surface area contributed by atoms with E-state index in [1.165, 1.54) is 12.0 Å². The van der Waals surface area contributed by atoms with Crippen molar-refractivity contribution in [2.24, 2.45) is 0 Å².